The van der Waals surface area contributed by atoms with Crippen LogP contribution in [0.15, 0.2) is 66.2 Å². The number of ketones is 3. The van der Waals surface area contributed by atoms with Crippen LogP contribution in [0.2, 0.25) is 0 Å². The Morgan fingerprint density at radius 1 is 0.912 bits per heavy atom. The van der Waals surface area contributed by atoms with Crippen LogP contribution >= 0.6 is 0 Å². The smallest absolute Gasteiger partial charge is 0.328 e. The van der Waals surface area contributed by atoms with Gasteiger partial charge in [0.1, 0.15) is 24.0 Å². The number of esters is 1. The number of allylic oxidation sites excluding steroid dienone is 6. The zero-order chi connectivity index (χ0) is 41.5. The highest BCUT2D eigenvalue weighted by atomic mass is 16.5. The van der Waals surface area contributed by atoms with Gasteiger partial charge >= 0.3 is 5.97 Å². The van der Waals surface area contributed by atoms with Gasteiger partial charge in [0.15, 0.2) is 5.78 Å². The predicted molar refractivity (Wildman–Crippen MR) is 216 cm³/mol. The SMILES string of the molecule is COC1CC(C)=CC(C)C(=O)CCOC(=O)C2CCCCN2C(=O)C(=O)C2OC(CCC2C)CC(OCc2cnccn2)C(C)=CC=CC=CC(C)CC(C)C1=O. The Bertz CT molecular complexity index is 1650. The number of hydrogen-bond acceptors (Lipinski definition) is 11. The standard InChI is InChI=1S/C45H63N3O9/c1-29-13-9-8-10-14-31(3)39(56-28-35-27-46-19-20-47-35)26-36-17-16-32(4)43(57-36)42(51)44(52)48-21-12-11-15-37(48)45(53)55-22-18-38(49)33(5)24-30(2)25-40(54-7)41(50)34(6)23-29/h8-10,13-14,19-20,24,27,29,32-34,36-37,39-40,43H,11-12,15-18,21-23,25-26,28H2,1-7H3. The monoisotopic (exact) mass is 789 g/mol. The largest absolute Gasteiger partial charge is 0.464 e. The van der Waals surface area contributed by atoms with Crippen molar-refractivity contribution in [3.8, 4) is 0 Å². The number of amides is 1. The van der Waals surface area contributed by atoms with Crippen molar-refractivity contribution in [2.75, 3.05) is 20.3 Å². The van der Waals surface area contributed by atoms with Crippen molar-refractivity contribution in [3.05, 3.63) is 71.9 Å². The number of carbonyl (C=O) groups excluding carboxylic acids is 5. The molecular formula is C45H63N3O9. The lowest BCUT2D eigenvalue weighted by atomic mass is 9.88. The first kappa shape index (κ1) is 45.6. The molecule has 2 bridgehead atoms. The van der Waals surface area contributed by atoms with Gasteiger partial charge in [-0.25, -0.2) is 4.79 Å². The number of cyclic esters (lactones) is 1. The van der Waals surface area contributed by atoms with Gasteiger partial charge < -0.3 is 23.8 Å². The molecule has 12 nitrogen and oxygen atoms in total. The van der Waals surface area contributed by atoms with Gasteiger partial charge in [0, 0.05) is 57.1 Å². The van der Waals surface area contributed by atoms with Gasteiger partial charge in [-0.2, -0.15) is 0 Å². The van der Waals surface area contributed by atoms with Crippen LogP contribution in [0.5, 0.6) is 0 Å². The molecule has 0 aromatic carbocycles. The summed E-state index contributed by atoms with van der Waals surface area (Å²) in [6.07, 6.45) is 18.8. The first-order valence-corrected chi connectivity index (χ1v) is 20.6. The van der Waals surface area contributed by atoms with E-state index < -0.39 is 41.8 Å². The highest BCUT2D eigenvalue weighted by molar-refractivity contribution is 6.38. The predicted octanol–water partition coefficient (Wildman–Crippen LogP) is 6.68. The Morgan fingerprint density at radius 3 is 2.44 bits per heavy atom. The molecule has 57 heavy (non-hydrogen) atoms. The van der Waals surface area contributed by atoms with Crippen molar-refractivity contribution in [1.29, 1.82) is 0 Å². The lowest BCUT2D eigenvalue weighted by molar-refractivity contribution is -0.167. The second kappa shape index (κ2) is 22.7. The molecule has 2 saturated heterocycles. The highest BCUT2D eigenvalue weighted by Gasteiger charge is 2.43. The summed E-state index contributed by atoms with van der Waals surface area (Å²) >= 11 is 0. The van der Waals surface area contributed by atoms with Gasteiger partial charge in [0.2, 0.25) is 5.78 Å². The molecule has 4 heterocycles. The molecule has 0 aliphatic carbocycles. The fourth-order valence-electron chi connectivity index (χ4n) is 7.86. The molecule has 0 N–H and O–H groups in total. The van der Waals surface area contributed by atoms with Gasteiger partial charge in [-0.1, -0.05) is 69.7 Å². The summed E-state index contributed by atoms with van der Waals surface area (Å²) in [5.41, 5.74) is 2.48. The number of methoxy groups -OCH3 is 1. The average molecular weight is 790 g/mol. The number of ether oxygens (including phenoxy) is 4. The summed E-state index contributed by atoms with van der Waals surface area (Å²) in [7, 11) is 1.53. The number of fused-ring (bicyclic) bond motifs is 3. The van der Waals surface area contributed by atoms with Crippen LogP contribution in [-0.4, -0.2) is 94.8 Å². The van der Waals surface area contributed by atoms with Crippen LogP contribution in [0.25, 0.3) is 0 Å². The zero-order valence-corrected chi connectivity index (χ0v) is 34.9. The molecule has 9 unspecified atom stereocenters. The van der Waals surface area contributed by atoms with Crippen molar-refractivity contribution in [2.45, 2.75) is 136 Å². The van der Waals surface area contributed by atoms with E-state index in [9.17, 15) is 24.0 Å². The molecule has 1 aromatic heterocycles. The van der Waals surface area contributed by atoms with Crippen molar-refractivity contribution in [3.63, 3.8) is 0 Å². The average Bonchev–Trinajstić information content (AvgIpc) is 3.20. The van der Waals surface area contributed by atoms with Gasteiger partial charge in [0.05, 0.1) is 37.3 Å². The molecule has 4 rings (SSSR count). The molecule has 3 aliphatic heterocycles. The number of Topliss-reactive ketones (excluding diaryl/α,β-unsaturated/α-hetero) is 3. The quantitative estimate of drug-likeness (QED) is 0.183. The van der Waals surface area contributed by atoms with E-state index in [1.54, 1.807) is 25.5 Å². The number of carbonyl (C=O) groups is 5. The summed E-state index contributed by atoms with van der Waals surface area (Å²) in [5.74, 6) is -2.90. The molecular weight excluding hydrogens is 727 g/mol. The fourth-order valence-corrected chi connectivity index (χ4v) is 7.86. The summed E-state index contributed by atoms with van der Waals surface area (Å²) in [5, 5.41) is 0. The van der Waals surface area contributed by atoms with E-state index in [-0.39, 0.29) is 67.7 Å². The Kier molecular flexibility index (Phi) is 18.2. The summed E-state index contributed by atoms with van der Waals surface area (Å²) in [6.45, 7) is 11.9. The molecule has 1 aromatic rings. The first-order chi connectivity index (χ1) is 27.3. The van der Waals surface area contributed by atoms with Crippen LogP contribution < -0.4 is 0 Å². The Morgan fingerprint density at radius 2 is 1.70 bits per heavy atom. The molecule has 312 valence electrons. The molecule has 9 atom stereocenters. The van der Waals surface area contributed by atoms with Gasteiger partial charge in [-0.05, 0) is 69.8 Å². The van der Waals surface area contributed by atoms with Crippen molar-refractivity contribution in [1.82, 2.24) is 14.9 Å². The summed E-state index contributed by atoms with van der Waals surface area (Å²) in [4.78, 5) is 77.4. The fraction of sp³-hybridized carbons (Fsp3) is 0.622. The molecule has 3 aliphatic rings. The number of piperidine rings is 1. The van der Waals surface area contributed by atoms with E-state index in [2.05, 4.69) is 23.0 Å². The van der Waals surface area contributed by atoms with Crippen molar-refractivity contribution in [2.24, 2.45) is 23.7 Å². The Balaban J connectivity index is 1.59. The normalized spacial score (nSPS) is 31.3. The second-order valence-corrected chi connectivity index (χ2v) is 16.2. The lowest BCUT2D eigenvalue weighted by Gasteiger charge is -2.38. The van der Waals surface area contributed by atoms with Crippen LogP contribution in [0.4, 0.5) is 0 Å². The van der Waals surface area contributed by atoms with E-state index in [1.165, 1.54) is 12.0 Å². The van der Waals surface area contributed by atoms with E-state index in [0.29, 0.717) is 57.1 Å². The number of hydrogen-bond donors (Lipinski definition) is 0. The minimum absolute atomic E-state index is 0.00646. The first-order valence-electron chi connectivity index (χ1n) is 20.6. The molecule has 0 saturated carbocycles. The maximum atomic E-state index is 13.9. The minimum atomic E-state index is -0.962. The Hall–Kier alpha value is -4.13. The highest BCUT2D eigenvalue weighted by Crippen LogP contribution is 2.31. The van der Waals surface area contributed by atoms with E-state index in [1.807, 2.05) is 58.1 Å². The third kappa shape index (κ3) is 13.7. The van der Waals surface area contributed by atoms with Gasteiger partial charge in [0.25, 0.3) is 5.91 Å². The second-order valence-electron chi connectivity index (χ2n) is 16.2. The van der Waals surface area contributed by atoms with Crippen LogP contribution in [-0.2, 0) is 49.5 Å². The lowest BCUT2D eigenvalue weighted by Crippen LogP contribution is -2.54. The molecule has 0 spiro atoms. The van der Waals surface area contributed by atoms with Gasteiger partial charge in [-0.3, -0.25) is 29.1 Å². The van der Waals surface area contributed by atoms with Crippen molar-refractivity contribution >= 4 is 29.2 Å². The molecule has 2 fully saturated rings. The van der Waals surface area contributed by atoms with E-state index >= 15 is 0 Å². The number of nitrogens with zero attached hydrogens (tertiary/aromatic N) is 3. The van der Waals surface area contributed by atoms with E-state index in [4.69, 9.17) is 18.9 Å². The number of aromatic nitrogens is 2. The molecule has 0 radical (unpaired) electrons. The van der Waals surface area contributed by atoms with Crippen molar-refractivity contribution < 1.29 is 42.9 Å². The van der Waals surface area contributed by atoms with Crippen LogP contribution in [0, 0.1) is 23.7 Å². The van der Waals surface area contributed by atoms with Crippen LogP contribution in [0.1, 0.15) is 105 Å². The maximum Gasteiger partial charge on any atom is 0.328 e. The third-order valence-corrected chi connectivity index (χ3v) is 11.3. The summed E-state index contributed by atoms with van der Waals surface area (Å²) < 4.78 is 24.0. The summed E-state index contributed by atoms with van der Waals surface area (Å²) in [6, 6.07) is -0.918. The third-order valence-electron chi connectivity index (χ3n) is 11.3. The number of rotatable bonds is 4. The topological polar surface area (TPSA) is 151 Å². The minimum Gasteiger partial charge on any atom is -0.464 e. The zero-order valence-electron chi connectivity index (χ0n) is 34.9. The van der Waals surface area contributed by atoms with Gasteiger partial charge in [-0.15, -0.1) is 0 Å². The Labute approximate surface area is 338 Å². The molecule has 12 heteroatoms. The van der Waals surface area contributed by atoms with E-state index in [0.717, 1.165) is 11.1 Å². The maximum absolute atomic E-state index is 13.9. The van der Waals surface area contributed by atoms with Crippen LogP contribution in [0.3, 0.4) is 0 Å². The molecule has 1 amide bonds.